The first-order valence-corrected chi connectivity index (χ1v) is 7.04. The molecule has 2 atom stereocenters. The molecule has 0 aromatic heterocycles. The van der Waals surface area contributed by atoms with Crippen molar-refractivity contribution in [3.63, 3.8) is 0 Å². The van der Waals surface area contributed by atoms with E-state index in [1.165, 1.54) is 12.1 Å². The highest BCUT2D eigenvalue weighted by Gasteiger charge is 2.38. The number of hydrogen-bond acceptors (Lipinski definition) is 3. The monoisotopic (exact) mass is 316 g/mol. The molecule has 1 aromatic carbocycles. The minimum Gasteiger partial charge on any atom is -0.390 e. The van der Waals surface area contributed by atoms with Gasteiger partial charge in [-0.25, -0.2) is 4.39 Å². The van der Waals surface area contributed by atoms with E-state index in [2.05, 4.69) is 10.6 Å². The molecular weight excluding hydrogens is 299 g/mol. The van der Waals surface area contributed by atoms with Gasteiger partial charge in [-0.05, 0) is 12.1 Å². The molecule has 0 radical (unpaired) electrons. The predicted octanol–water partition coefficient (Wildman–Crippen LogP) is 1.23. The molecule has 1 aliphatic rings. The van der Waals surface area contributed by atoms with Crippen molar-refractivity contribution < 1.29 is 19.1 Å². The van der Waals surface area contributed by atoms with Crippen molar-refractivity contribution in [2.75, 3.05) is 6.54 Å². The third-order valence-electron chi connectivity index (χ3n) is 2.90. The maximum Gasteiger partial charge on any atom is 0.235 e. The molecule has 1 saturated heterocycles. The number of carbonyl (C=O) groups is 2. The van der Waals surface area contributed by atoms with Gasteiger partial charge in [0.25, 0.3) is 0 Å². The van der Waals surface area contributed by atoms with Crippen LogP contribution in [0.4, 0.5) is 4.39 Å². The average Bonchev–Trinajstić information content (AvgIpc) is 2.79. The molecule has 3 N–H and O–H groups in total. The van der Waals surface area contributed by atoms with Gasteiger partial charge in [0.1, 0.15) is 11.7 Å². The predicted molar refractivity (Wildman–Crippen MR) is 77.1 cm³/mol. The van der Waals surface area contributed by atoms with E-state index in [0.29, 0.717) is 0 Å². The standard InChI is InChI=1S/C12H12ClFN2O3.C2H6/c13-7-2-1-6(8(14)3-7)4-15-11(18)10-9(17)5-16-12(10)19;1-2/h1-3,9-10,17H,4-5H2,(H,15,18)(H,16,19);1-2H3. The van der Waals surface area contributed by atoms with Crippen LogP contribution < -0.4 is 10.6 Å². The van der Waals surface area contributed by atoms with Gasteiger partial charge >= 0.3 is 0 Å². The first-order valence-electron chi connectivity index (χ1n) is 6.66. The Morgan fingerprint density at radius 3 is 2.71 bits per heavy atom. The van der Waals surface area contributed by atoms with Crippen molar-refractivity contribution in [2.45, 2.75) is 26.5 Å². The number of benzene rings is 1. The second-order valence-electron chi connectivity index (χ2n) is 4.24. The number of aliphatic hydroxyl groups excluding tert-OH is 1. The van der Waals surface area contributed by atoms with Gasteiger partial charge in [0.05, 0.1) is 6.10 Å². The zero-order valence-corrected chi connectivity index (χ0v) is 12.6. The van der Waals surface area contributed by atoms with Crippen LogP contribution in [0.15, 0.2) is 18.2 Å². The normalized spacial score (nSPS) is 20.3. The summed E-state index contributed by atoms with van der Waals surface area (Å²) in [7, 11) is 0. The second kappa shape index (κ2) is 7.95. The summed E-state index contributed by atoms with van der Waals surface area (Å²) in [4.78, 5) is 23.1. The number of amides is 2. The third kappa shape index (κ3) is 4.41. The number of aliphatic hydroxyl groups is 1. The van der Waals surface area contributed by atoms with Crippen LogP contribution in [0.3, 0.4) is 0 Å². The Labute approximate surface area is 127 Å². The van der Waals surface area contributed by atoms with E-state index >= 15 is 0 Å². The molecule has 0 aliphatic carbocycles. The Hall–Kier alpha value is -1.66. The average molecular weight is 317 g/mol. The van der Waals surface area contributed by atoms with Gasteiger partial charge < -0.3 is 15.7 Å². The minimum absolute atomic E-state index is 0.0478. The molecule has 7 heteroatoms. The van der Waals surface area contributed by atoms with E-state index < -0.39 is 29.7 Å². The second-order valence-corrected chi connectivity index (χ2v) is 4.68. The van der Waals surface area contributed by atoms with E-state index in [4.69, 9.17) is 11.6 Å². The summed E-state index contributed by atoms with van der Waals surface area (Å²) in [6.45, 7) is 3.98. The first-order chi connectivity index (χ1) is 9.99. The lowest BCUT2D eigenvalue weighted by Gasteiger charge is -2.12. The van der Waals surface area contributed by atoms with Crippen LogP contribution in [-0.2, 0) is 16.1 Å². The molecular formula is C14H18ClFN2O3. The van der Waals surface area contributed by atoms with Gasteiger partial charge in [-0.2, -0.15) is 0 Å². The summed E-state index contributed by atoms with van der Waals surface area (Å²) < 4.78 is 13.5. The molecule has 1 aromatic rings. The molecule has 0 saturated carbocycles. The third-order valence-corrected chi connectivity index (χ3v) is 3.14. The van der Waals surface area contributed by atoms with Crippen molar-refractivity contribution in [3.05, 3.63) is 34.6 Å². The van der Waals surface area contributed by atoms with Crippen LogP contribution >= 0.6 is 11.6 Å². The van der Waals surface area contributed by atoms with Crippen LogP contribution in [0.1, 0.15) is 19.4 Å². The van der Waals surface area contributed by atoms with E-state index in [1.54, 1.807) is 0 Å². The molecule has 0 bridgehead atoms. The Kier molecular flexibility index (Phi) is 6.58. The number of halogens is 2. The SMILES string of the molecule is CC.O=C(NCc1ccc(Cl)cc1F)C1C(=O)NCC1O. The molecule has 0 spiro atoms. The first kappa shape index (κ1) is 17.4. The molecule has 2 unspecified atom stereocenters. The topological polar surface area (TPSA) is 78.4 Å². The lowest BCUT2D eigenvalue weighted by Crippen LogP contribution is -2.39. The van der Waals surface area contributed by atoms with Crippen molar-refractivity contribution >= 4 is 23.4 Å². The van der Waals surface area contributed by atoms with Crippen LogP contribution in [0.25, 0.3) is 0 Å². The van der Waals surface area contributed by atoms with Crippen LogP contribution in [-0.4, -0.2) is 29.6 Å². The maximum absolute atomic E-state index is 13.5. The van der Waals surface area contributed by atoms with Crippen LogP contribution in [0, 0.1) is 11.7 Å². The molecule has 1 fully saturated rings. The number of hydrogen-bond donors (Lipinski definition) is 3. The fourth-order valence-corrected chi connectivity index (χ4v) is 2.02. The summed E-state index contributed by atoms with van der Waals surface area (Å²) in [5.41, 5.74) is 0.255. The lowest BCUT2D eigenvalue weighted by molar-refractivity contribution is -0.135. The Balaban J connectivity index is 0.00000106. The van der Waals surface area contributed by atoms with Crippen molar-refractivity contribution in [2.24, 2.45) is 5.92 Å². The van der Waals surface area contributed by atoms with E-state index in [0.717, 1.165) is 6.07 Å². The van der Waals surface area contributed by atoms with Gasteiger partial charge in [-0.1, -0.05) is 31.5 Å². The molecule has 116 valence electrons. The summed E-state index contributed by atoms with van der Waals surface area (Å²) in [5, 5.41) is 14.5. The summed E-state index contributed by atoms with van der Waals surface area (Å²) >= 11 is 5.61. The molecule has 1 heterocycles. The largest absolute Gasteiger partial charge is 0.390 e. The summed E-state index contributed by atoms with van der Waals surface area (Å²) in [6.07, 6.45) is -1.05. The molecule has 21 heavy (non-hydrogen) atoms. The van der Waals surface area contributed by atoms with Crippen LogP contribution in [0.2, 0.25) is 5.02 Å². The lowest BCUT2D eigenvalue weighted by atomic mass is 10.0. The highest BCUT2D eigenvalue weighted by molar-refractivity contribution is 6.30. The molecule has 2 amide bonds. The Bertz CT molecular complexity index is 525. The number of rotatable bonds is 3. The molecule has 5 nitrogen and oxygen atoms in total. The molecule has 1 aliphatic heterocycles. The molecule has 2 rings (SSSR count). The minimum atomic E-state index is -1.14. The number of nitrogens with one attached hydrogen (secondary N) is 2. The summed E-state index contributed by atoms with van der Waals surface area (Å²) in [6, 6.07) is 4.09. The maximum atomic E-state index is 13.5. The fourth-order valence-electron chi connectivity index (χ4n) is 1.86. The van der Waals surface area contributed by atoms with E-state index in [1.807, 2.05) is 13.8 Å². The zero-order valence-electron chi connectivity index (χ0n) is 11.8. The van der Waals surface area contributed by atoms with Crippen LogP contribution in [0.5, 0.6) is 0 Å². The highest BCUT2D eigenvalue weighted by atomic mass is 35.5. The van der Waals surface area contributed by atoms with Gasteiger partial charge in [0.2, 0.25) is 11.8 Å². The van der Waals surface area contributed by atoms with Gasteiger partial charge in [-0.3, -0.25) is 9.59 Å². The Morgan fingerprint density at radius 2 is 2.19 bits per heavy atom. The van der Waals surface area contributed by atoms with Gasteiger partial charge in [-0.15, -0.1) is 0 Å². The smallest absolute Gasteiger partial charge is 0.235 e. The fraction of sp³-hybridized carbons (Fsp3) is 0.429. The quantitative estimate of drug-likeness (QED) is 0.734. The summed E-state index contributed by atoms with van der Waals surface area (Å²) in [5.74, 6) is -2.84. The van der Waals surface area contributed by atoms with Crippen molar-refractivity contribution in [1.82, 2.24) is 10.6 Å². The zero-order chi connectivity index (χ0) is 16.0. The van der Waals surface area contributed by atoms with E-state index in [9.17, 15) is 19.1 Å². The van der Waals surface area contributed by atoms with Gasteiger partial charge in [0.15, 0.2) is 0 Å². The van der Waals surface area contributed by atoms with Crippen molar-refractivity contribution in [3.8, 4) is 0 Å². The highest BCUT2D eigenvalue weighted by Crippen LogP contribution is 2.15. The number of carbonyl (C=O) groups excluding carboxylic acids is 2. The number of β-amino-alcohol motifs (C(OH)–C–C–N with tert-alkyl or cyclic N) is 1. The van der Waals surface area contributed by atoms with E-state index in [-0.39, 0.29) is 23.7 Å². The van der Waals surface area contributed by atoms with Crippen molar-refractivity contribution in [1.29, 1.82) is 0 Å². The van der Waals surface area contributed by atoms with Gasteiger partial charge in [0, 0.05) is 23.7 Å². The Morgan fingerprint density at radius 1 is 1.52 bits per heavy atom.